The molecule has 0 saturated carbocycles. The Morgan fingerprint density at radius 1 is 1.09 bits per heavy atom. The minimum absolute atomic E-state index is 0.109. The lowest BCUT2D eigenvalue weighted by atomic mass is 10.1. The standard InChI is InChI=1S/C17H16ClNO3/c1-11(20)15-5-3-4-6-16(15)19-17(21)12(2)22-14-9-7-13(18)8-10-14/h3-10,12H,1-2H3,(H,19,21)/t12-/m0/s1. The summed E-state index contributed by atoms with van der Waals surface area (Å²) in [5.74, 6) is 0.109. The van der Waals surface area contributed by atoms with E-state index in [-0.39, 0.29) is 11.7 Å². The van der Waals surface area contributed by atoms with Crippen LogP contribution in [0.15, 0.2) is 48.5 Å². The van der Waals surface area contributed by atoms with Gasteiger partial charge >= 0.3 is 0 Å². The molecular formula is C17H16ClNO3. The van der Waals surface area contributed by atoms with Crippen molar-refractivity contribution in [1.29, 1.82) is 0 Å². The molecule has 0 heterocycles. The largest absolute Gasteiger partial charge is 0.481 e. The molecule has 0 fully saturated rings. The maximum atomic E-state index is 12.2. The van der Waals surface area contributed by atoms with Gasteiger partial charge in [0, 0.05) is 10.6 Å². The van der Waals surface area contributed by atoms with Crippen molar-refractivity contribution in [2.75, 3.05) is 5.32 Å². The number of halogens is 1. The Morgan fingerprint density at radius 3 is 2.36 bits per heavy atom. The molecule has 1 atom stereocenters. The molecule has 4 nitrogen and oxygen atoms in total. The molecule has 0 aliphatic rings. The van der Waals surface area contributed by atoms with Crippen molar-refractivity contribution in [2.24, 2.45) is 0 Å². The van der Waals surface area contributed by atoms with Crippen molar-refractivity contribution < 1.29 is 14.3 Å². The number of anilines is 1. The van der Waals surface area contributed by atoms with E-state index in [0.717, 1.165) is 0 Å². The summed E-state index contributed by atoms with van der Waals surface area (Å²) < 4.78 is 5.55. The topological polar surface area (TPSA) is 55.4 Å². The van der Waals surface area contributed by atoms with Crippen LogP contribution < -0.4 is 10.1 Å². The highest BCUT2D eigenvalue weighted by Crippen LogP contribution is 2.19. The van der Waals surface area contributed by atoms with Crippen molar-refractivity contribution in [1.82, 2.24) is 0 Å². The number of amides is 1. The van der Waals surface area contributed by atoms with Gasteiger partial charge in [-0.05, 0) is 50.2 Å². The van der Waals surface area contributed by atoms with Crippen molar-refractivity contribution in [3.05, 3.63) is 59.1 Å². The second kappa shape index (κ2) is 7.09. The molecule has 0 radical (unpaired) electrons. The van der Waals surface area contributed by atoms with Gasteiger partial charge in [0.15, 0.2) is 11.9 Å². The third-order valence-corrected chi connectivity index (χ3v) is 3.31. The van der Waals surface area contributed by atoms with Crippen LogP contribution in [0.2, 0.25) is 5.02 Å². The smallest absolute Gasteiger partial charge is 0.265 e. The van der Waals surface area contributed by atoms with Crippen LogP contribution in [0.5, 0.6) is 5.75 Å². The van der Waals surface area contributed by atoms with Crippen LogP contribution in [0.3, 0.4) is 0 Å². The highest BCUT2D eigenvalue weighted by molar-refractivity contribution is 6.30. The quantitative estimate of drug-likeness (QED) is 0.850. The van der Waals surface area contributed by atoms with Gasteiger partial charge in [-0.1, -0.05) is 23.7 Å². The molecule has 22 heavy (non-hydrogen) atoms. The number of hydrogen-bond donors (Lipinski definition) is 1. The molecule has 0 aliphatic heterocycles. The number of para-hydroxylation sites is 1. The Kier molecular flexibility index (Phi) is 5.17. The molecule has 0 spiro atoms. The van der Waals surface area contributed by atoms with Gasteiger partial charge in [-0.15, -0.1) is 0 Å². The molecule has 1 amide bonds. The molecular weight excluding hydrogens is 302 g/mol. The number of carbonyl (C=O) groups is 2. The van der Waals surface area contributed by atoms with Gasteiger partial charge in [0.2, 0.25) is 0 Å². The highest BCUT2D eigenvalue weighted by atomic mass is 35.5. The second-order valence-corrected chi connectivity index (χ2v) is 5.24. The molecule has 0 aromatic heterocycles. The lowest BCUT2D eigenvalue weighted by molar-refractivity contribution is -0.122. The van der Waals surface area contributed by atoms with Gasteiger partial charge in [-0.25, -0.2) is 0 Å². The minimum Gasteiger partial charge on any atom is -0.481 e. The molecule has 2 rings (SSSR count). The minimum atomic E-state index is -0.707. The van der Waals surface area contributed by atoms with Crippen LogP contribution in [0, 0.1) is 0 Å². The number of nitrogens with one attached hydrogen (secondary N) is 1. The molecule has 0 bridgehead atoms. The van der Waals surface area contributed by atoms with E-state index in [1.54, 1.807) is 55.5 Å². The Bertz CT molecular complexity index is 683. The Hall–Kier alpha value is -2.33. The van der Waals surface area contributed by atoms with E-state index in [1.165, 1.54) is 6.92 Å². The summed E-state index contributed by atoms with van der Waals surface area (Å²) in [7, 11) is 0. The molecule has 0 unspecified atom stereocenters. The summed E-state index contributed by atoms with van der Waals surface area (Å²) in [5.41, 5.74) is 0.945. The van der Waals surface area contributed by atoms with Crippen LogP contribution in [-0.4, -0.2) is 17.8 Å². The van der Waals surface area contributed by atoms with E-state index in [2.05, 4.69) is 5.32 Å². The lowest BCUT2D eigenvalue weighted by Crippen LogP contribution is -2.30. The van der Waals surface area contributed by atoms with E-state index >= 15 is 0 Å². The SMILES string of the molecule is CC(=O)c1ccccc1NC(=O)[C@H](C)Oc1ccc(Cl)cc1. The van der Waals surface area contributed by atoms with Crippen LogP contribution in [0.1, 0.15) is 24.2 Å². The first-order valence-electron chi connectivity index (χ1n) is 6.80. The summed E-state index contributed by atoms with van der Waals surface area (Å²) in [6.45, 7) is 3.10. The highest BCUT2D eigenvalue weighted by Gasteiger charge is 2.17. The number of benzene rings is 2. The van der Waals surface area contributed by atoms with Crippen LogP contribution in [0.4, 0.5) is 5.69 Å². The number of carbonyl (C=O) groups excluding carboxylic acids is 2. The van der Waals surface area contributed by atoms with Crippen LogP contribution >= 0.6 is 11.6 Å². The monoisotopic (exact) mass is 317 g/mol. The number of rotatable bonds is 5. The Morgan fingerprint density at radius 2 is 1.73 bits per heavy atom. The zero-order chi connectivity index (χ0) is 16.1. The predicted octanol–water partition coefficient (Wildman–Crippen LogP) is 3.95. The van der Waals surface area contributed by atoms with E-state index < -0.39 is 6.10 Å². The summed E-state index contributed by atoms with van der Waals surface area (Å²) in [4.78, 5) is 23.7. The van der Waals surface area contributed by atoms with Crippen LogP contribution in [-0.2, 0) is 4.79 Å². The zero-order valence-electron chi connectivity index (χ0n) is 12.3. The lowest BCUT2D eigenvalue weighted by Gasteiger charge is -2.16. The van der Waals surface area contributed by atoms with Crippen molar-refractivity contribution in [3.8, 4) is 5.75 Å². The van der Waals surface area contributed by atoms with Gasteiger partial charge in [-0.2, -0.15) is 0 Å². The number of ketones is 1. The van der Waals surface area contributed by atoms with Gasteiger partial charge in [0.05, 0.1) is 5.69 Å². The predicted molar refractivity (Wildman–Crippen MR) is 86.6 cm³/mol. The molecule has 0 saturated heterocycles. The number of ether oxygens (including phenoxy) is 1. The summed E-state index contributed by atoms with van der Waals surface area (Å²) >= 11 is 5.80. The average molecular weight is 318 g/mol. The molecule has 2 aromatic rings. The van der Waals surface area contributed by atoms with Crippen molar-refractivity contribution in [2.45, 2.75) is 20.0 Å². The maximum Gasteiger partial charge on any atom is 0.265 e. The fraction of sp³-hybridized carbons (Fsp3) is 0.176. The third-order valence-electron chi connectivity index (χ3n) is 3.06. The Balaban J connectivity index is 2.05. The third kappa shape index (κ3) is 4.09. The molecule has 5 heteroatoms. The first-order chi connectivity index (χ1) is 10.5. The first-order valence-corrected chi connectivity index (χ1v) is 7.18. The van der Waals surface area contributed by atoms with E-state index in [9.17, 15) is 9.59 Å². The van der Waals surface area contributed by atoms with Gasteiger partial charge in [0.25, 0.3) is 5.91 Å². The fourth-order valence-electron chi connectivity index (χ4n) is 1.90. The van der Waals surface area contributed by atoms with Crippen molar-refractivity contribution >= 4 is 29.0 Å². The second-order valence-electron chi connectivity index (χ2n) is 4.81. The van der Waals surface area contributed by atoms with Crippen LogP contribution in [0.25, 0.3) is 0 Å². The van der Waals surface area contributed by atoms with E-state index in [1.807, 2.05) is 0 Å². The van der Waals surface area contributed by atoms with Gasteiger partial charge < -0.3 is 10.1 Å². The molecule has 2 aromatic carbocycles. The van der Waals surface area contributed by atoms with Crippen molar-refractivity contribution in [3.63, 3.8) is 0 Å². The van der Waals surface area contributed by atoms with E-state index in [4.69, 9.17) is 16.3 Å². The average Bonchev–Trinajstić information content (AvgIpc) is 2.49. The summed E-state index contributed by atoms with van der Waals surface area (Å²) in [6, 6.07) is 13.6. The number of Topliss-reactive ketones (excluding diaryl/α,β-unsaturated/α-hetero) is 1. The number of hydrogen-bond acceptors (Lipinski definition) is 3. The van der Waals surface area contributed by atoms with Gasteiger partial charge in [-0.3, -0.25) is 9.59 Å². The maximum absolute atomic E-state index is 12.2. The molecule has 1 N–H and O–H groups in total. The molecule has 0 aliphatic carbocycles. The molecule has 114 valence electrons. The van der Waals surface area contributed by atoms with E-state index in [0.29, 0.717) is 22.0 Å². The summed E-state index contributed by atoms with van der Waals surface area (Å²) in [6.07, 6.45) is -0.707. The fourth-order valence-corrected chi connectivity index (χ4v) is 2.03. The summed E-state index contributed by atoms with van der Waals surface area (Å²) in [5, 5.41) is 3.31. The normalized spacial score (nSPS) is 11.6. The zero-order valence-corrected chi connectivity index (χ0v) is 13.1. The van der Waals surface area contributed by atoms with Gasteiger partial charge in [0.1, 0.15) is 5.75 Å². The Labute approximate surface area is 134 Å². The first kappa shape index (κ1) is 16.0.